The summed E-state index contributed by atoms with van der Waals surface area (Å²) in [5.41, 5.74) is 5.36. The molecular weight excluding hydrogens is 450 g/mol. The van der Waals surface area contributed by atoms with Crippen LogP contribution in [0, 0.1) is 5.92 Å². The molecule has 1 saturated carbocycles. The Labute approximate surface area is 210 Å². The smallest absolute Gasteiger partial charge is 0.229 e. The Morgan fingerprint density at radius 3 is 2.53 bits per heavy atom. The van der Waals surface area contributed by atoms with Gasteiger partial charge in [0.05, 0.1) is 7.11 Å². The van der Waals surface area contributed by atoms with Gasteiger partial charge in [-0.2, -0.15) is 4.98 Å². The van der Waals surface area contributed by atoms with Crippen LogP contribution < -0.4 is 25.6 Å². The second-order valence-corrected chi connectivity index (χ2v) is 9.26. The number of anilines is 4. The van der Waals surface area contributed by atoms with E-state index in [4.69, 9.17) is 14.7 Å². The van der Waals surface area contributed by atoms with Gasteiger partial charge in [0, 0.05) is 41.9 Å². The second kappa shape index (κ2) is 8.71. The van der Waals surface area contributed by atoms with Crippen LogP contribution in [0.4, 0.5) is 23.1 Å². The molecule has 0 radical (unpaired) electrons. The standard InChI is InChI=1S/C28H29N7O/c1-4-18-5-7-19(8-6-18)30-26-29-16-15-25(33-26)35(2)23-13-14-24-28(17-22(23)28)34-27(32-24)31-20-9-11-21(36-3)12-10-20/h5-16,22H,4,17H2,1-3H3,(H,29,30,33)(H2,31,32,34). The number of ether oxygens (including phenoxy) is 1. The van der Waals surface area contributed by atoms with Crippen LogP contribution in [-0.4, -0.2) is 35.6 Å². The van der Waals surface area contributed by atoms with E-state index in [0.29, 0.717) is 11.9 Å². The highest BCUT2D eigenvalue weighted by molar-refractivity contribution is 5.98. The number of allylic oxidation sites excluding steroid dienone is 2. The first kappa shape index (κ1) is 22.2. The van der Waals surface area contributed by atoms with Crippen LogP contribution in [0.2, 0.25) is 0 Å². The predicted molar refractivity (Wildman–Crippen MR) is 144 cm³/mol. The number of hydrogen-bond donors (Lipinski definition) is 3. The minimum Gasteiger partial charge on any atom is -0.497 e. The first-order valence-corrected chi connectivity index (χ1v) is 12.2. The third-order valence-electron chi connectivity index (χ3n) is 7.08. The van der Waals surface area contributed by atoms with Gasteiger partial charge in [0.2, 0.25) is 11.9 Å². The molecule has 3 N–H and O–H groups in total. The maximum atomic E-state index is 5.25. The maximum absolute atomic E-state index is 5.25. The maximum Gasteiger partial charge on any atom is 0.229 e. The monoisotopic (exact) mass is 479 g/mol. The van der Waals surface area contributed by atoms with E-state index in [1.54, 1.807) is 13.3 Å². The Bertz CT molecular complexity index is 1380. The molecule has 1 fully saturated rings. The van der Waals surface area contributed by atoms with Crippen molar-refractivity contribution >= 4 is 29.1 Å². The number of rotatable bonds is 7. The number of nitrogens with zero attached hydrogens (tertiary/aromatic N) is 4. The molecule has 1 spiro atoms. The fourth-order valence-electron chi connectivity index (χ4n) is 4.91. The minimum absolute atomic E-state index is 0.220. The largest absolute Gasteiger partial charge is 0.497 e. The van der Waals surface area contributed by atoms with Crippen molar-refractivity contribution in [1.29, 1.82) is 0 Å². The third-order valence-corrected chi connectivity index (χ3v) is 7.08. The SMILES string of the molecule is CCc1ccc(Nc2nccc(N(C)C3=CC=C4NC(Nc5ccc(OC)cc5)=NC45CC35)n2)cc1. The minimum atomic E-state index is -0.220. The van der Waals surface area contributed by atoms with E-state index in [1.807, 2.05) is 30.3 Å². The topological polar surface area (TPSA) is 86.7 Å². The quantitative estimate of drug-likeness (QED) is 0.447. The summed E-state index contributed by atoms with van der Waals surface area (Å²) >= 11 is 0. The molecule has 3 aliphatic rings. The van der Waals surface area contributed by atoms with Gasteiger partial charge < -0.3 is 25.6 Å². The van der Waals surface area contributed by atoms with Gasteiger partial charge in [-0.25, -0.2) is 9.98 Å². The van der Waals surface area contributed by atoms with Gasteiger partial charge in [-0.1, -0.05) is 19.1 Å². The van der Waals surface area contributed by atoms with Crippen LogP contribution in [0.5, 0.6) is 5.75 Å². The number of aromatic nitrogens is 2. The lowest BCUT2D eigenvalue weighted by molar-refractivity contribution is 0.415. The summed E-state index contributed by atoms with van der Waals surface area (Å²) in [6.07, 6.45) is 8.08. The van der Waals surface area contributed by atoms with Crippen molar-refractivity contribution < 1.29 is 4.74 Å². The van der Waals surface area contributed by atoms with Crippen LogP contribution in [0.1, 0.15) is 18.9 Å². The summed E-state index contributed by atoms with van der Waals surface area (Å²) in [6.45, 7) is 2.15. The second-order valence-electron chi connectivity index (χ2n) is 9.26. The Kier molecular flexibility index (Phi) is 5.36. The number of benzene rings is 2. The molecule has 3 aromatic rings. The number of nitrogens with one attached hydrogen (secondary N) is 3. The highest BCUT2D eigenvalue weighted by atomic mass is 16.5. The fraction of sp³-hybridized carbons (Fsp3) is 0.250. The number of methoxy groups -OCH3 is 1. The molecular formula is C28H29N7O. The van der Waals surface area contributed by atoms with Crippen molar-refractivity contribution in [2.45, 2.75) is 25.3 Å². The molecule has 36 heavy (non-hydrogen) atoms. The summed E-state index contributed by atoms with van der Waals surface area (Å²) < 4.78 is 5.25. The van der Waals surface area contributed by atoms with E-state index < -0.39 is 0 Å². The molecule has 182 valence electrons. The van der Waals surface area contributed by atoms with Gasteiger partial charge in [0.25, 0.3) is 0 Å². The molecule has 1 aliphatic heterocycles. The summed E-state index contributed by atoms with van der Waals surface area (Å²) in [7, 11) is 3.72. The normalized spacial score (nSPS) is 21.2. The highest BCUT2D eigenvalue weighted by Crippen LogP contribution is 2.59. The predicted octanol–water partition coefficient (Wildman–Crippen LogP) is 4.84. The first-order chi connectivity index (χ1) is 17.6. The molecule has 2 unspecified atom stereocenters. The Hall–Kier alpha value is -4.33. The van der Waals surface area contributed by atoms with Crippen molar-refractivity contribution in [3.8, 4) is 5.75 Å². The fourth-order valence-corrected chi connectivity index (χ4v) is 4.91. The van der Waals surface area contributed by atoms with E-state index in [9.17, 15) is 0 Å². The Morgan fingerprint density at radius 1 is 1.03 bits per heavy atom. The highest BCUT2D eigenvalue weighted by Gasteiger charge is 2.63. The molecule has 0 amide bonds. The summed E-state index contributed by atoms with van der Waals surface area (Å²) in [5.74, 6) is 3.32. The van der Waals surface area contributed by atoms with Crippen molar-refractivity contribution in [3.05, 3.63) is 89.9 Å². The summed E-state index contributed by atoms with van der Waals surface area (Å²) in [4.78, 5) is 16.4. The number of hydrogen-bond acceptors (Lipinski definition) is 8. The molecule has 2 atom stereocenters. The van der Waals surface area contributed by atoms with Crippen molar-refractivity contribution in [2.24, 2.45) is 10.9 Å². The third kappa shape index (κ3) is 3.94. The molecule has 8 nitrogen and oxygen atoms in total. The van der Waals surface area contributed by atoms with Crippen LogP contribution in [0.3, 0.4) is 0 Å². The van der Waals surface area contributed by atoms with Crippen LogP contribution in [0.25, 0.3) is 0 Å². The van der Waals surface area contributed by atoms with E-state index in [2.05, 4.69) is 76.2 Å². The van der Waals surface area contributed by atoms with Gasteiger partial charge in [0.15, 0.2) is 0 Å². The van der Waals surface area contributed by atoms with Crippen molar-refractivity contribution in [3.63, 3.8) is 0 Å². The lowest BCUT2D eigenvalue weighted by atomic mass is 10.0. The Morgan fingerprint density at radius 2 is 1.78 bits per heavy atom. The molecule has 2 heterocycles. The van der Waals surface area contributed by atoms with Crippen molar-refractivity contribution in [1.82, 2.24) is 15.3 Å². The van der Waals surface area contributed by atoms with Gasteiger partial charge in [-0.3, -0.25) is 0 Å². The lowest BCUT2D eigenvalue weighted by Gasteiger charge is -2.25. The van der Waals surface area contributed by atoms with E-state index in [0.717, 1.165) is 47.4 Å². The van der Waals surface area contributed by atoms with Crippen LogP contribution >= 0.6 is 0 Å². The molecule has 2 aliphatic carbocycles. The molecule has 0 saturated heterocycles. The zero-order chi connectivity index (χ0) is 24.7. The van der Waals surface area contributed by atoms with Crippen LogP contribution in [0.15, 0.2) is 89.3 Å². The molecule has 1 aromatic heterocycles. The van der Waals surface area contributed by atoms with Gasteiger partial charge in [-0.15, -0.1) is 0 Å². The molecule has 0 bridgehead atoms. The molecule has 6 rings (SSSR count). The lowest BCUT2D eigenvalue weighted by Crippen LogP contribution is -2.29. The van der Waals surface area contributed by atoms with Crippen molar-refractivity contribution in [2.75, 3.05) is 29.7 Å². The van der Waals surface area contributed by atoms with Gasteiger partial charge in [-0.05, 0) is 73.0 Å². The average Bonchev–Trinajstić information content (AvgIpc) is 3.54. The van der Waals surface area contributed by atoms with Gasteiger partial charge in [0.1, 0.15) is 17.1 Å². The molecule has 8 heteroatoms. The van der Waals surface area contributed by atoms with E-state index in [1.165, 1.54) is 11.3 Å². The van der Waals surface area contributed by atoms with E-state index in [-0.39, 0.29) is 5.54 Å². The summed E-state index contributed by atoms with van der Waals surface area (Å²) in [5, 5.41) is 10.2. The number of aryl methyl sites for hydroxylation is 1. The Balaban J connectivity index is 1.16. The number of guanidine groups is 1. The first-order valence-electron chi connectivity index (χ1n) is 12.2. The zero-order valence-corrected chi connectivity index (χ0v) is 20.6. The van der Waals surface area contributed by atoms with Crippen LogP contribution in [-0.2, 0) is 6.42 Å². The average molecular weight is 480 g/mol. The summed E-state index contributed by atoms with van der Waals surface area (Å²) in [6, 6.07) is 18.1. The zero-order valence-electron chi connectivity index (χ0n) is 20.6. The van der Waals surface area contributed by atoms with Gasteiger partial charge >= 0.3 is 0 Å². The molecule has 2 aromatic carbocycles. The number of aliphatic imine (C=N–C) groups is 1. The van der Waals surface area contributed by atoms with E-state index >= 15 is 0 Å².